The van der Waals surface area contributed by atoms with E-state index >= 15 is 0 Å². The number of benzene rings is 9. The Morgan fingerprint density at radius 1 is 0.439 bits per heavy atom. The Bertz CT molecular complexity index is 3190. The summed E-state index contributed by atoms with van der Waals surface area (Å²) in [6.45, 7) is 0. The summed E-state index contributed by atoms with van der Waals surface area (Å²) in [5.74, 6) is 1.77. The highest BCUT2D eigenvalue weighted by Gasteiger charge is 2.21. The highest BCUT2D eigenvalue weighted by Crippen LogP contribution is 2.48. The number of hydrogen-bond donors (Lipinski definition) is 0. The highest BCUT2D eigenvalue weighted by atomic mass is 16.5. The van der Waals surface area contributed by atoms with Crippen LogP contribution >= 0.6 is 0 Å². The van der Waals surface area contributed by atoms with Crippen LogP contribution in [0.3, 0.4) is 0 Å². The molecule has 0 N–H and O–H groups in total. The monoisotopic (exact) mass is 727 g/mol. The van der Waals surface area contributed by atoms with Gasteiger partial charge in [-0.1, -0.05) is 109 Å². The molecule has 266 valence electrons. The van der Waals surface area contributed by atoms with Crippen LogP contribution in [-0.4, -0.2) is 4.57 Å². The van der Waals surface area contributed by atoms with Crippen molar-refractivity contribution in [2.75, 3.05) is 4.90 Å². The lowest BCUT2D eigenvalue weighted by atomic mass is 9.93. The second-order valence-corrected chi connectivity index (χ2v) is 14.5. The molecule has 0 spiro atoms. The SMILES string of the molecule is N#Cc1ccc(-n2c3ccccc3c3cc(N(c4ccc(-c5ccccc5)cc4)c4ccc(-c5ccc6c(c5)Oc5cccc7cccc-6c57)cc4)ccc32)cc1. The third-order valence-corrected chi connectivity index (χ3v) is 11.2. The smallest absolute Gasteiger partial charge is 0.135 e. The van der Waals surface area contributed by atoms with E-state index in [-0.39, 0.29) is 0 Å². The molecule has 0 unspecified atom stereocenters. The Hall–Kier alpha value is -7.87. The number of aromatic nitrogens is 1. The van der Waals surface area contributed by atoms with E-state index in [0.717, 1.165) is 67.4 Å². The predicted molar refractivity (Wildman–Crippen MR) is 234 cm³/mol. The first-order valence-corrected chi connectivity index (χ1v) is 19.1. The number of ether oxygens (including phenoxy) is 1. The second-order valence-electron chi connectivity index (χ2n) is 14.5. The Morgan fingerprint density at radius 3 is 1.82 bits per heavy atom. The Morgan fingerprint density at radius 2 is 1.07 bits per heavy atom. The summed E-state index contributed by atoms with van der Waals surface area (Å²) in [6, 6.07) is 72.7. The zero-order chi connectivity index (χ0) is 37.9. The molecule has 0 atom stereocenters. The molecular formula is C53H33N3O. The van der Waals surface area contributed by atoms with Crippen molar-refractivity contribution in [2.45, 2.75) is 0 Å². The van der Waals surface area contributed by atoms with E-state index in [4.69, 9.17) is 4.74 Å². The fraction of sp³-hybridized carbons (Fsp3) is 0. The molecule has 11 rings (SSSR count). The van der Waals surface area contributed by atoms with Crippen LogP contribution in [0.4, 0.5) is 17.1 Å². The summed E-state index contributed by atoms with van der Waals surface area (Å²) in [5.41, 5.74) is 13.9. The van der Waals surface area contributed by atoms with Crippen molar-refractivity contribution in [3.8, 4) is 56.6 Å². The molecule has 1 aliphatic rings. The van der Waals surface area contributed by atoms with Gasteiger partial charge in [0.2, 0.25) is 0 Å². The second kappa shape index (κ2) is 13.2. The van der Waals surface area contributed by atoms with Crippen LogP contribution in [0.25, 0.3) is 71.6 Å². The summed E-state index contributed by atoms with van der Waals surface area (Å²) < 4.78 is 8.80. The van der Waals surface area contributed by atoms with E-state index in [2.05, 4.69) is 185 Å². The molecule has 0 saturated carbocycles. The summed E-state index contributed by atoms with van der Waals surface area (Å²) in [4.78, 5) is 2.33. The zero-order valence-corrected chi connectivity index (χ0v) is 30.8. The summed E-state index contributed by atoms with van der Waals surface area (Å²) in [5, 5.41) is 14.1. The molecule has 0 fully saturated rings. The average molecular weight is 728 g/mol. The van der Waals surface area contributed by atoms with Gasteiger partial charge >= 0.3 is 0 Å². The van der Waals surface area contributed by atoms with Gasteiger partial charge in [0.05, 0.1) is 22.7 Å². The molecule has 57 heavy (non-hydrogen) atoms. The molecule has 4 nitrogen and oxygen atoms in total. The van der Waals surface area contributed by atoms with Crippen molar-refractivity contribution >= 4 is 49.6 Å². The van der Waals surface area contributed by atoms with E-state index < -0.39 is 0 Å². The largest absolute Gasteiger partial charge is 0.456 e. The number of fused-ring (bicyclic) bond motifs is 5. The maximum Gasteiger partial charge on any atom is 0.135 e. The van der Waals surface area contributed by atoms with Crippen LogP contribution in [0.5, 0.6) is 11.5 Å². The minimum atomic E-state index is 0.644. The first-order chi connectivity index (χ1) is 28.2. The molecule has 0 bridgehead atoms. The Labute approximate surface area is 330 Å². The minimum absolute atomic E-state index is 0.644. The Kier molecular flexibility index (Phi) is 7.52. The van der Waals surface area contributed by atoms with Crippen LogP contribution in [0, 0.1) is 11.3 Å². The van der Waals surface area contributed by atoms with Crippen LogP contribution in [-0.2, 0) is 0 Å². The summed E-state index contributed by atoms with van der Waals surface area (Å²) in [7, 11) is 0. The topological polar surface area (TPSA) is 41.2 Å². The third-order valence-electron chi connectivity index (χ3n) is 11.2. The number of para-hydroxylation sites is 1. The van der Waals surface area contributed by atoms with E-state index in [9.17, 15) is 5.26 Å². The molecule has 10 aromatic rings. The highest BCUT2D eigenvalue weighted by molar-refractivity contribution is 6.11. The van der Waals surface area contributed by atoms with Crippen molar-refractivity contribution in [1.82, 2.24) is 4.57 Å². The quantitative estimate of drug-likeness (QED) is 0.171. The number of anilines is 3. The standard InChI is InChI=1S/C53H33N3O/c54-34-35-16-23-43(24-17-35)56-49-14-5-4-12-45(49)48-33-44(29-31-50(48)56)55(41-25-18-37(19-26-41)36-8-2-1-3-9-36)42-27-20-38(21-28-42)40-22-30-46-47-13-6-10-39-11-7-15-51(53(39)47)57-52(46)32-40/h1-33H. The number of hydrogen-bond acceptors (Lipinski definition) is 3. The van der Waals surface area contributed by atoms with E-state index in [1.807, 2.05) is 30.3 Å². The molecule has 0 radical (unpaired) electrons. The Balaban J connectivity index is 1.01. The van der Waals surface area contributed by atoms with Crippen molar-refractivity contribution in [3.63, 3.8) is 0 Å². The average Bonchev–Trinajstić information content (AvgIpc) is 3.61. The van der Waals surface area contributed by atoms with E-state index in [1.165, 1.54) is 32.8 Å². The van der Waals surface area contributed by atoms with Gasteiger partial charge in [0.1, 0.15) is 11.5 Å². The predicted octanol–water partition coefficient (Wildman–Crippen LogP) is 14.4. The third kappa shape index (κ3) is 5.45. The first-order valence-electron chi connectivity index (χ1n) is 19.1. The van der Waals surface area contributed by atoms with Crippen molar-refractivity contribution in [1.29, 1.82) is 5.26 Å². The molecule has 2 heterocycles. The molecule has 1 aromatic heterocycles. The first kappa shape index (κ1) is 32.6. The summed E-state index contributed by atoms with van der Waals surface area (Å²) in [6.07, 6.45) is 0. The van der Waals surface area contributed by atoms with Crippen LogP contribution in [0.2, 0.25) is 0 Å². The van der Waals surface area contributed by atoms with Crippen molar-refractivity contribution in [2.24, 2.45) is 0 Å². The maximum atomic E-state index is 9.45. The van der Waals surface area contributed by atoms with Gasteiger partial charge in [-0.3, -0.25) is 0 Å². The van der Waals surface area contributed by atoms with Gasteiger partial charge < -0.3 is 14.2 Å². The van der Waals surface area contributed by atoms with Gasteiger partial charge in [-0.25, -0.2) is 0 Å². The fourth-order valence-corrected chi connectivity index (χ4v) is 8.49. The van der Waals surface area contributed by atoms with Gasteiger partial charge in [-0.15, -0.1) is 0 Å². The fourth-order valence-electron chi connectivity index (χ4n) is 8.49. The molecule has 0 amide bonds. The number of nitrogens with zero attached hydrogens (tertiary/aromatic N) is 3. The lowest BCUT2D eigenvalue weighted by Crippen LogP contribution is -2.10. The van der Waals surface area contributed by atoms with Gasteiger partial charge in [-0.2, -0.15) is 5.26 Å². The van der Waals surface area contributed by atoms with Gasteiger partial charge in [0.25, 0.3) is 0 Å². The summed E-state index contributed by atoms with van der Waals surface area (Å²) >= 11 is 0. The van der Waals surface area contributed by atoms with Crippen molar-refractivity contribution in [3.05, 3.63) is 206 Å². The molecule has 9 aromatic carbocycles. The minimum Gasteiger partial charge on any atom is -0.456 e. The number of rotatable bonds is 6. The maximum absolute atomic E-state index is 9.45. The molecule has 4 heteroatoms. The molecular weight excluding hydrogens is 695 g/mol. The lowest BCUT2D eigenvalue weighted by Gasteiger charge is -2.26. The zero-order valence-electron chi connectivity index (χ0n) is 30.8. The van der Waals surface area contributed by atoms with Gasteiger partial charge in [0.15, 0.2) is 0 Å². The molecule has 0 saturated heterocycles. The van der Waals surface area contributed by atoms with Crippen LogP contribution < -0.4 is 9.64 Å². The number of nitriles is 1. The van der Waals surface area contributed by atoms with Gasteiger partial charge in [0, 0.05) is 44.5 Å². The van der Waals surface area contributed by atoms with E-state index in [0.29, 0.717) is 5.56 Å². The molecule has 1 aliphatic heterocycles. The van der Waals surface area contributed by atoms with Crippen molar-refractivity contribution < 1.29 is 4.74 Å². The van der Waals surface area contributed by atoms with Gasteiger partial charge in [-0.05, 0) is 124 Å². The lowest BCUT2D eigenvalue weighted by molar-refractivity contribution is 0.487. The normalized spacial score (nSPS) is 11.6. The molecule has 0 aliphatic carbocycles. The van der Waals surface area contributed by atoms with Crippen LogP contribution in [0.15, 0.2) is 200 Å². The van der Waals surface area contributed by atoms with Crippen LogP contribution in [0.1, 0.15) is 5.56 Å². The van der Waals surface area contributed by atoms with E-state index in [1.54, 1.807) is 0 Å².